The smallest absolute Gasteiger partial charge is 0.396 e. The van der Waals surface area contributed by atoms with Gasteiger partial charge in [0.15, 0.2) is 5.82 Å². The van der Waals surface area contributed by atoms with Crippen LogP contribution >= 0.6 is 23.2 Å². The summed E-state index contributed by atoms with van der Waals surface area (Å²) in [4.78, 5) is 3.61. The Hall–Kier alpha value is -1.47. The van der Waals surface area contributed by atoms with E-state index < -0.39 is 18.4 Å². The van der Waals surface area contributed by atoms with E-state index in [4.69, 9.17) is 33.5 Å². The van der Waals surface area contributed by atoms with Gasteiger partial charge in [-0.15, -0.1) is 0 Å². The second-order valence-corrected chi connectivity index (χ2v) is 4.44. The van der Waals surface area contributed by atoms with Gasteiger partial charge in [0.25, 0.3) is 5.89 Å². The summed E-state index contributed by atoms with van der Waals surface area (Å²) in [5, 5.41) is 3.57. The summed E-state index contributed by atoms with van der Waals surface area (Å²) in [5.41, 5.74) is 5.87. The molecule has 19 heavy (non-hydrogen) atoms. The van der Waals surface area contributed by atoms with Crippen molar-refractivity contribution in [1.29, 1.82) is 0 Å². The maximum Gasteiger partial charge on any atom is 0.396 e. The van der Waals surface area contributed by atoms with Crippen LogP contribution in [-0.2, 0) is 6.42 Å². The number of nitrogens with two attached hydrogens (primary N) is 1. The predicted octanol–water partition coefficient (Wildman–Crippen LogP) is 3.73. The topological polar surface area (TPSA) is 64.9 Å². The van der Waals surface area contributed by atoms with Gasteiger partial charge in [0.05, 0.1) is 21.3 Å². The fraction of sp³-hybridized carbons (Fsp3) is 0.200. The lowest BCUT2D eigenvalue weighted by atomic mass is 10.2. The van der Waals surface area contributed by atoms with Gasteiger partial charge in [-0.05, 0) is 12.1 Å². The number of benzene rings is 1. The zero-order chi connectivity index (χ0) is 14.2. The van der Waals surface area contributed by atoms with E-state index in [9.17, 15) is 13.2 Å². The van der Waals surface area contributed by atoms with Crippen LogP contribution in [0.3, 0.4) is 0 Å². The highest BCUT2D eigenvalue weighted by Crippen LogP contribution is 2.37. The van der Waals surface area contributed by atoms with Crippen molar-refractivity contribution in [3.05, 3.63) is 28.0 Å². The Labute approximate surface area is 115 Å². The average Bonchev–Trinajstić information content (AvgIpc) is 2.70. The third-order valence-corrected chi connectivity index (χ3v) is 2.83. The predicted molar refractivity (Wildman–Crippen MR) is 63.9 cm³/mol. The Morgan fingerprint density at radius 2 is 1.84 bits per heavy atom. The Bertz CT molecular complexity index is 613. The summed E-state index contributed by atoms with van der Waals surface area (Å²) in [5.74, 6) is -0.706. The van der Waals surface area contributed by atoms with Crippen LogP contribution < -0.4 is 5.73 Å². The van der Waals surface area contributed by atoms with E-state index in [2.05, 4.69) is 10.1 Å². The summed E-state index contributed by atoms with van der Waals surface area (Å²) in [6.07, 6.45) is -5.72. The van der Waals surface area contributed by atoms with Gasteiger partial charge in [-0.2, -0.15) is 18.2 Å². The molecule has 2 rings (SSSR count). The fourth-order valence-corrected chi connectivity index (χ4v) is 1.79. The van der Waals surface area contributed by atoms with Gasteiger partial charge in [-0.1, -0.05) is 28.4 Å². The molecule has 0 unspecified atom stereocenters. The van der Waals surface area contributed by atoms with Crippen molar-refractivity contribution in [3.8, 4) is 11.5 Å². The van der Waals surface area contributed by atoms with Gasteiger partial charge in [0, 0.05) is 0 Å². The summed E-state index contributed by atoms with van der Waals surface area (Å²) < 4.78 is 41.3. The molecule has 0 bridgehead atoms. The first-order chi connectivity index (χ1) is 8.78. The third-order valence-electron chi connectivity index (χ3n) is 2.18. The van der Waals surface area contributed by atoms with E-state index >= 15 is 0 Å². The number of hydrogen-bond acceptors (Lipinski definition) is 4. The SMILES string of the molecule is Nc1c(Cl)ccc(Cl)c1-c1nc(CC(F)(F)F)no1. The Morgan fingerprint density at radius 3 is 2.47 bits per heavy atom. The molecule has 1 aromatic heterocycles. The van der Waals surface area contributed by atoms with Crippen molar-refractivity contribution < 1.29 is 17.7 Å². The first-order valence-electron chi connectivity index (χ1n) is 4.91. The number of anilines is 1. The first-order valence-corrected chi connectivity index (χ1v) is 5.66. The van der Waals surface area contributed by atoms with Gasteiger partial charge < -0.3 is 10.3 Å². The van der Waals surface area contributed by atoms with E-state index in [1.165, 1.54) is 12.1 Å². The van der Waals surface area contributed by atoms with Crippen molar-refractivity contribution in [2.45, 2.75) is 12.6 Å². The van der Waals surface area contributed by atoms with Crippen LogP contribution in [0.5, 0.6) is 0 Å². The molecule has 1 aromatic carbocycles. The Kier molecular flexibility index (Phi) is 3.60. The van der Waals surface area contributed by atoms with Gasteiger partial charge >= 0.3 is 6.18 Å². The molecule has 2 N–H and O–H groups in total. The van der Waals surface area contributed by atoms with Crippen LogP contribution in [0, 0.1) is 0 Å². The summed E-state index contributed by atoms with van der Waals surface area (Å²) in [6.45, 7) is 0. The fourth-order valence-electron chi connectivity index (χ4n) is 1.39. The molecule has 2 aromatic rings. The van der Waals surface area contributed by atoms with Crippen molar-refractivity contribution in [2.24, 2.45) is 0 Å². The molecule has 0 atom stereocenters. The third kappa shape index (κ3) is 3.10. The first kappa shape index (κ1) is 14.0. The summed E-state index contributed by atoms with van der Waals surface area (Å²) in [7, 11) is 0. The molecule has 0 spiro atoms. The molecule has 1 heterocycles. The molecule has 102 valence electrons. The van der Waals surface area contributed by atoms with Crippen LogP contribution in [0.2, 0.25) is 10.0 Å². The van der Waals surface area contributed by atoms with Crippen molar-refractivity contribution in [2.75, 3.05) is 5.73 Å². The molecule has 0 aliphatic rings. The van der Waals surface area contributed by atoms with Crippen LogP contribution in [0.1, 0.15) is 5.82 Å². The van der Waals surface area contributed by atoms with E-state index in [1.807, 2.05) is 0 Å². The van der Waals surface area contributed by atoms with Gasteiger partial charge in [0.2, 0.25) is 0 Å². The van der Waals surface area contributed by atoms with Crippen molar-refractivity contribution >= 4 is 28.9 Å². The zero-order valence-corrected chi connectivity index (χ0v) is 10.6. The number of hydrogen-bond donors (Lipinski definition) is 1. The second kappa shape index (κ2) is 4.90. The zero-order valence-electron chi connectivity index (χ0n) is 9.13. The van der Waals surface area contributed by atoms with Crippen LogP contribution in [-0.4, -0.2) is 16.3 Å². The number of nitrogen functional groups attached to an aromatic ring is 1. The minimum absolute atomic E-state index is 0.0661. The average molecular weight is 312 g/mol. The quantitative estimate of drug-likeness (QED) is 0.858. The van der Waals surface area contributed by atoms with Crippen LogP contribution in [0.15, 0.2) is 16.7 Å². The molecule has 0 aliphatic carbocycles. The van der Waals surface area contributed by atoms with E-state index in [0.717, 1.165) is 0 Å². The molecule has 0 aliphatic heterocycles. The summed E-state index contributed by atoms with van der Waals surface area (Å²) in [6, 6.07) is 2.89. The van der Waals surface area contributed by atoms with Gasteiger partial charge in [-0.3, -0.25) is 0 Å². The normalized spacial score (nSPS) is 11.8. The molecule has 4 nitrogen and oxygen atoms in total. The Morgan fingerprint density at radius 1 is 1.21 bits per heavy atom. The molecule has 0 radical (unpaired) electrons. The minimum atomic E-state index is -4.43. The number of alkyl halides is 3. The highest BCUT2D eigenvalue weighted by Gasteiger charge is 2.31. The molecule has 0 saturated heterocycles. The monoisotopic (exact) mass is 311 g/mol. The lowest BCUT2D eigenvalue weighted by Crippen LogP contribution is -2.12. The number of aromatic nitrogens is 2. The molecular formula is C10H6Cl2F3N3O. The molecule has 0 saturated carbocycles. The van der Waals surface area contributed by atoms with Gasteiger partial charge in [0.1, 0.15) is 6.42 Å². The Balaban J connectivity index is 2.41. The standard InChI is InChI=1S/C10H6Cl2F3N3O/c11-4-1-2-5(12)8(16)7(4)9-17-6(18-19-9)3-10(13,14)15/h1-2H,3,16H2. The molecule has 9 heteroatoms. The molecule has 0 fully saturated rings. The molecule has 0 amide bonds. The largest absolute Gasteiger partial charge is 0.397 e. The summed E-state index contributed by atoms with van der Waals surface area (Å²) >= 11 is 11.7. The van der Waals surface area contributed by atoms with Gasteiger partial charge in [-0.25, -0.2) is 0 Å². The van der Waals surface area contributed by atoms with Crippen LogP contribution in [0.4, 0.5) is 18.9 Å². The molecular weight excluding hydrogens is 306 g/mol. The van der Waals surface area contributed by atoms with E-state index in [0.29, 0.717) is 0 Å². The second-order valence-electron chi connectivity index (χ2n) is 3.63. The maximum atomic E-state index is 12.2. The number of nitrogens with zero attached hydrogens (tertiary/aromatic N) is 2. The number of rotatable bonds is 2. The van der Waals surface area contributed by atoms with E-state index in [-0.39, 0.29) is 27.2 Å². The van der Waals surface area contributed by atoms with Crippen LogP contribution in [0.25, 0.3) is 11.5 Å². The maximum absolute atomic E-state index is 12.2. The lowest BCUT2D eigenvalue weighted by molar-refractivity contribution is -0.128. The van der Waals surface area contributed by atoms with E-state index in [1.54, 1.807) is 0 Å². The highest BCUT2D eigenvalue weighted by atomic mass is 35.5. The number of halogens is 5. The van der Waals surface area contributed by atoms with Crippen molar-refractivity contribution in [3.63, 3.8) is 0 Å². The lowest BCUT2D eigenvalue weighted by Gasteiger charge is -2.05. The minimum Gasteiger partial charge on any atom is -0.397 e. The highest BCUT2D eigenvalue weighted by molar-refractivity contribution is 6.37. The van der Waals surface area contributed by atoms with Crippen molar-refractivity contribution in [1.82, 2.24) is 10.1 Å².